The number of hydrogen-bond donors (Lipinski definition) is 2. The smallest absolute Gasteiger partial charge is 0.343 e. The summed E-state index contributed by atoms with van der Waals surface area (Å²) in [6, 6.07) is 25.1. The van der Waals surface area contributed by atoms with E-state index in [1.807, 2.05) is 0 Å². The molecule has 4 aromatic rings. The number of unbranched alkanes of at least 4 members (excludes halogenated alkanes) is 14. The van der Waals surface area contributed by atoms with Gasteiger partial charge in [0.2, 0.25) is 0 Å². The van der Waals surface area contributed by atoms with Gasteiger partial charge in [-0.1, -0.05) is 77.0 Å². The summed E-state index contributed by atoms with van der Waals surface area (Å²) in [5, 5.41) is 18.1. The third-order valence-electron chi connectivity index (χ3n) is 12.7. The summed E-state index contributed by atoms with van der Waals surface area (Å²) in [7, 11) is 0. The van der Waals surface area contributed by atoms with Gasteiger partial charge in [0.25, 0.3) is 0 Å². The first-order chi connectivity index (χ1) is 35.7. The van der Waals surface area contributed by atoms with E-state index in [-0.39, 0.29) is 22.6 Å². The van der Waals surface area contributed by atoms with Crippen molar-refractivity contribution in [3.8, 4) is 23.0 Å². The van der Waals surface area contributed by atoms with Gasteiger partial charge in [0, 0.05) is 26.2 Å². The Labute approximate surface area is 432 Å². The lowest BCUT2D eigenvalue weighted by atomic mass is 10.1. The summed E-state index contributed by atoms with van der Waals surface area (Å²) in [5.41, 5.74) is 1.03. The highest BCUT2D eigenvalue weighted by Crippen LogP contribution is 2.20. The zero-order valence-electron chi connectivity index (χ0n) is 42.7. The molecule has 1 saturated heterocycles. The molecule has 0 bridgehead atoms. The Balaban J connectivity index is 0.815. The molecule has 2 N–H and O–H groups in total. The number of esters is 2. The molecule has 5 rings (SSSR count). The van der Waals surface area contributed by atoms with Gasteiger partial charge < -0.3 is 43.4 Å². The number of carbonyl (C=O) groups is 4. The average molecular weight is 1010 g/mol. The largest absolute Gasteiger partial charge is 0.494 e. The maximum Gasteiger partial charge on any atom is 0.343 e. The van der Waals surface area contributed by atoms with Crippen LogP contribution in [0, 0.1) is 0 Å². The van der Waals surface area contributed by atoms with E-state index in [9.17, 15) is 19.2 Å². The molecule has 15 nitrogen and oxygen atoms in total. The SMILES string of the molecule is O=C(O)c1ccc(OC(=O)c2ccc(OCCCCCCCCCCN3CCOCCOCCN(CCCCCCCCCCOc4ccc(C(=O)Oc5ccc(C(=O)O)cc5)cc4)CCOCC3)cc2)cc1. The van der Waals surface area contributed by atoms with E-state index in [1.54, 1.807) is 48.5 Å². The molecular weight excluding hydrogens is 933 g/mol. The van der Waals surface area contributed by atoms with Crippen LogP contribution in [0.25, 0.3) is 0 Å². The lowest BCUT2D eigenvalue weighted by molar-refractivity contribution is 0.0320. The summed E-state index contributed by atoms with van der Waals surface area (Å²) in [4.78, 5) is 52.0. The van der Waals surface area contributed by atoms with E-state index in [4.69, 9.17) is 43.4 Å². The first-order valence-corrected chi connectivity index (χ1v) is 26.5. The molecule has 0 aromatic heterocycles. The summed E-state index contributed by atoms with van der Waals surface area (Å²) in [6.07, 6.45) is 18.8. The van der Waals surface area contributed by atoms with Crippen LogP contribution < -0.4 is 18.9 Å². The molecule has 73 heavy (non-hydrogen) atoms. The molecule has 1 aliphatic rings. The summed E-state index contributed by atoms with van der Waals surface area (Å²) >= 11 is 0. The van der Waals surface area contributed by atoms with Gasteiger partial charge in [0.1, 0.15) is 23.0 Å². The maximum atomic E-state index is 12.5. The first-order valence-electron chi connectivity index (χ1n) is 26.5. The van der Waals surface area contributed by atoms with Crippen LogP contribution in [0.4, 0.5) is 0 Å². The van der Waals surface area contributed by atoms with Crippen molar-refractivity contribution in [2.75, 3.05) is 92.1 Å². The minimum atomic E-state index is -1.04. The molecule has 0 unspecified atom stereocenters. The highest BCUT2D eigenvalue weighted by molar-refractivity contribution is 5.92. The number of ether oxygens (including phenoxy) is 7. The number of carboxylic acids is 2. The number of carboxylic acid groups (broad SMARTS) is 2. The lowest BCUT2D eigenvalue weighted by Gasteiger charge is -2.23. The summed E-state index contributed by atoms with van der Waals surface area (Å²) < 4.78 is 40.5. The molecule has 1 fully saturated rings. The predicted molar refractivity (Wildman–Crippen MR) is 280 cm³/mol. The van der Waals surface area contributed by atoms with Crippen molar-refractivity contribution in [3.63, 3.8) is 0 Å². The van der Waals surface area contributed by atoms with E-state index < -0.39 is 23.9 Å². The van der Waals surface area contributed by atoms with Crippen molar-refractivity contribution in [2.24, 2.45) is 0 Å². The van der Waals surface area contributed by atoms with Gasteiger partial charge in [-0.05, 0) is 136 Å². The molecule has 4 aromatic carbocycles. The Morgan fingerprint density at radius 1 is 0.356 bits per heavy atom. The van der Waals surface area contributed by atoms with Crippen LogP contribution in [0.15, 0.2) is 97.1 Å². The number of hydrogen-bond acceptors (Lipinski definition) is 13. The Morgan fingerprint density at radius 3 is 0.959 bits per heavy atom. The van der Waals surface area contributed by atoms with Crippen LogP contribution >= 0.6 is 0 Å². The zero-order valence-corrected chi connectivity index (χ0v) is 42.7. The molecular formula is C58H78N2O13. The molecule has 0 atom stereocenters. The van der Waals surface area contributed by atoms with Crippen LogP contribution in [0.5, 0.6) is 23.0 Å². The van der Waals surface area contributed by atoms with Gasteiger partial charge in [-0.2, -0.15) is 0 Å². The Kier molecular flexibility index (Phi) is 28.1. The van der Waals surface area contributed by atoms with Crippen molar-refractivity contribution in [3.05, 3.63) is 119 Å². The fourth-order valence-electron chi connectivity index (χ4n) is 8.28. The Morgan fingerprint density at radius 2 is 0.630 bits per heavy atom. The fraction of sp³-hybridized carbons (Fsp3) is 0.517. The van der Waals surface area contributed by atoms with Gasteiger partial charge >= 0.3 is 23.9 Å². The summed E-state index contributed by atoms with van der Waals surface area (Å²) in [5.74, 6) is -1.12. The normalized spacial score (nSPS) is 14.4. The Bertz CT molecular complexity index is 2000. The third-order valence-corrected chi connectivity index (χ3v) is 12.7. The number of nitrogens with zero attached hydrogens (tertiary/aromatic N) is 2. The second kappa shape index (κ2) is 35.3. The standard InChI is InChI=1S/C58H78N2O13/c61-55(62)47-17-29-53(30-18-47)72-57(65)49-21-25-51(26-22-49)70-39-15-11-7-3-1-5-9-13-33-59-35-41-67-42-36-60(38-44-69-46-45-68-43-37-59)34-14-10-6-2-4-8-12-16-40-71-52-27-23-50(24-28-52)58(66)73-54-31-19-48(20-32-54)56(63)64/h17-32H,1-16,33-46H2,(H,61,62)(H,63,64). The van der Waals surface area contributed by atoms with Crippen LogP contribution in [0.2, 0.25) is 0 Å². The van der Waals surface area contributed by atoms with E-state index in [0.29, 0.717) is 62.3 Å². The quantitative estimate of drug-likeness (QED) is 0.0286. The number of rotatable bonds is 30. The topological polar surface area (TPSA) is 180 Å². The van der Waals surface area contributed by atoms with Crippen LogP contribution in [0.3, 0.4) is 0 Å². The zero-order chi connectivity index (χ0) is 51.6. The number of carbonyl (C=O) groups excluding carboxylic acids is 2. The van der Waals surface area contributed by atoms with Crippen molar-refractivity contribution >= 4 is 23.9 Å². The average Bonchev–Trinajstić information content (AvgIpc) is 3.40. The van der Waals surface area contributed by atoms with E-state index in [2.05, 4.69) is 9.80 Å². The van der Waals surface area contributed by atoms with Crippen LogP contribution in [-0.2, 0) is 14.2 Å². The summed E-state index contributed by atoms with van der Waals surface area (Å²) in [6.45, 7) is 11.2. The molecule has 15 heteroatoms. The first kappa shape index (κ1) is 58.1. The molecule has 1 aliphatic heterocycles. The number of benzene rings is 4. The van der Waals surface area contributed by atoms with Crippen LogP contribution in [-0.4, -0.2) is 136 Å². The van der Waals surface area contributed by atoms with E-state index >= 15 is 0 Å². The molecule has 0 amide bonds. The molecule has 0 radical (unpaired) electrons. The van der Waals surface area contributed by atoms with Gasteiger partial charge in [-0.25, -0.2) is 19.2 Å². The van der Waals surface area contributed by atoms with Gasteiger partial charge in [-0.3, -0.25) is 9.80 Å². The third kappa shape index (κ3) is 24.6. The van der Waals surface area contributed by atoms with E-state index in [0.717, 1.165) is 78.2 Å². The second-order valence-electron chi connectivity index (χ2n) is 18.4. The maximum absolute atomic E-state index is 12.5. The second-order valence-corrected chi connectivity index (χ2v) is 18.4. The minimum Gasteiger partial charge on any atom is -0.494 e. The molecule has 1 heterocycles. The van der Waals surface area contributed by atoms with E-state index in [1.165, 1.54) is 126 Å². The lowest BCUT2D eigenvalue weighted by Crippen LogP contribution is -2.34. The van der Waals surface area contributed by atoms with Gasteiger partial charge in [0.15, 0.2) is 0 Å². The van der Waals surface area contributed by atoms with Gasteiger partial charge in [0.05, 0.1) is 75.1 Å². The molecule has 0 spiro atoms. The molecule has 398 valence electrons. The fourth-order valence-corrected chi connectivity index (χ4v) is 8.28. The monoisotopic (exact) mass is 1010 g/mol. The van der Waals surface area contributed by atoms with Crippen LogP contribution in [0.1, 0.15) is 144 Å². The molecule has 0 saturated carbocycles. The Hall–Kier alpha value is -5.84. The number of aromatic carboxylic acids is 2. The highest BCUT2D eigenvalue weighted by atomic mass is 16.5. The molecule has 0 aliphatic carbocycles. The van der Waals surface area contributed by atoms with Gasteiger partial charge in [-0.15, -0.1) is 0 Å². The minimum absolute atomic E-state index is 0.128. The van der Waals surface area contributed by atoms with Crippen molar-refractivity contribution in [1.29, 1.82) is 0 Å². The predicted octanol–water partition coefficient (Wildman–Crippen LogP) is 10.9. The van der Waals surface area contributed by atoms with Crippen molar-refractivity contribution in [2.45, 2.75) is 103 Å². The van der Waals surface area contributed by atoms with Crippen molar-refractivity contribution in [1.82, 2.24) is 9.80 Å². The highest BCUT2D eigenvalue weighted by Gasteiger charge is 2.13. The van der Waals surface area contributed by atoms with Crippen molar-refractivity contribution < 1.29 is 62.5 Å².